The number of amides is 1. The number of halogens is 1. The minimum absolute atomic E-state index is 0.130. The fourth-order valence-electron chi connectivity index (χ4n) is 3.79. The number of aliphatic hydroxyl groups is 1. The fraction of sp³-hybridized carbons (Fsp3) is 0.304. The van der Waals surface area contributed by atoms with E-state index in [9.17, 15) is 29.2 Å². The number of aliphatic hydroxyl groups excluding tert-OH is 1. The van der Waals surface area contributed by atoms with Gasteiger partial charge in [0.15, 0.2) is 0 Å². The van der Waals surface area contributed by atoms with Crippen LogP contribution in [0.3, 0.4) is 0 Å². The maximum absolute atomic E-state index is 13.3. The van der Waals surface area contributed by atoms with Crippen LogP contribution in [0.5, 0.6) is 0 Å². The van der Waals surface area contributed by atoms with Crippen molar-refractivity contribution in [3.8, 4) is 0 Å². The molecule has 0 bridgehead atoms. The van der Waals surface area contributed by atoms with Crippen LogP contribution in [0.15, 0.2) is 54.1 Å². The van der Waals surface area contributed by atoms with Crippen molar-refractivity contribution in [1.82, 2.24) is 9.80 Å². The zero-order chi connectivity index (χ0) is 23.4. The van der Waals surface area contributed by atoms with Crippen LogP contribution in [-0.2, 0) is 9.59 Å². The Morgan fingerprint density at radius 2 is 1.69 bits per heavy atom. The van der Waals surface area contributed by atoms with Crippen molar-refractivity contribution in [2.45, 2.75) is 19.9 Å². The van der Waals surface area contributed by atoms with Crippen molar-refractivity contribution >= 4 is 23.1 Å². The predicted molar refractivity (Wildman–Crippen MR) is 116 cm³/mol. The number of nitro groups is 1. The summed E-state index contributed by atoms with van der Waals surface area (Å²) in [6.07, 6.45) is 0. The molecule has 0 aromatic heterocycles. The van der Waals surface area contributed by atoms with Gasteiger partial charge in [-0.3, -0.25) is 19.7 Å². The third-order valence-electron chi connectivity index (χ3n) is 5.63. The largest absolute Gasteiger partial charge is 0.507 e. The molecule has 1 saturated heterocycles. The number of hydrogen-bond acceptors (Lipinski definition) is 6. The average molecular weight is 441 g/mol. The summed E-state index contributed by atoms with van der Waals surface area (Å²) in [5.74, 6) is -2.54. The van der Waals surface area contributed by atoms with Crippen molar-refractivity contribution in [2.75, 3.05) is 26.2 Å². The molecule has 9 heteroatoms. The summed E-state index contributed by atoms with van der Waals surface area (Å²) in [5, 5.41) is 21.9. The molecule has 168 valence electrons. The first-order chi connectivity index (χ1) is 15.3. The van der Waals surface area contributed by atoms with Crippen molar-refractivity contribution in [3.05, 3.63) is 81.2 Å². The number of hydrogen-bond donors (Lipinski definition) is 1. The smallest absolute Gasteiger partial charge is 0.295 e. The first kappa shape index (κ1) is 23.1. The number of Topliss-reactive ketones (excluding diaryl/α,β-unsaturated/α-hetero) is 1. The molecule has 0 radical (unpaired) electrons. The average Bonchev–Trinajstić information content (AvgIpc) is 3.04. The van der Waals surface area contributed by atoms with Gasteiger partial charge in [0, 0.05) is 30.8 Å². The Kier molecular flexibility index (Phi) is 6.99. The molecule has 8 nitrogen and oxygen atoms in total. The first-order valence-corrected chi connectivity index (χ1v) is 10.3. The van der Waals surface area contributed by atoms with Crippen molar-refractivity contribution < 1.29 is 24.0 Å². The second-order valence-electron chi connectivity index (χ2n) is 7.37. The number of rotatable bonds is 8. The number of benzene rings is 2. The molecular formula is C23H24FN3O5. The van der Waals surface area contributed by atoms with E-state index in [0.29, 0.717) is 12.1 Å². The van der Waals surface area contributed by atoms with Crippen molar-refractivity contribution in [1.29, 1.82) is 0 Å². The summed E-state index contributed by atoms with van der Waals surface area (Å²) >= 11 is 0. The molecule has 32 heavy (non-hydrogen) atoms. The quantitative estimate of drug-likeness (QED) is 0.221. The molecule has 1 atom stereocenters. The van der Waals surface area contributed by atoms with E-state index in [1.807, 2.05) is 13.8 Å². The van der Waals surface area contributed by atoms with Crippen molar-refractivity contribution in [3.63, 3.8) is 0 Å². The minimum Gasteiger partial charge on any atom is -0.507 e. The summed E-state index contributed by atoms with van der Waals surface area (Å²) in [6, 6.07) is 9.53. The lowest BCUT2D eigenvalue weighted by atomic mass is 9.95. The van der Waals surface area contributed by atoms with Crippen LogP contribution in [0.4, 0.5) is 10.1 Å². The number of likely N-dealkylation sites (tertiary alicyclic amines) is 1. The zero-order valence-corrected chi connectivity index (χ0v) is 17.8. The van der Waals surface area contributed by atoms with Crippen LogP contribution in [0, 0.1) is 15.9 Å². The minimum atomic E-state index is -0.920. The third kappa shape index (κ3) is 4.52. The topological polar surface area (TPSA) is 104 Å². The molecule has 3 rings (SSSR count). The van der Waals surface area contributed by atoms with Gasteiger partial charge in [0.1, 0.15) is 11.6 Å². The van der Waals surface area contributed by atoms with Gasteiger partial charge < -0.3 is 14.9 Å². The van der Waals surface area contributed by atoms with E-state index in [4.69, 9.17) is 0 Å². The summed E-state index contributed by atoms with van der Waals surface area (Å²) in [6.45, 7) is 6.24. The molecule has 1 heterocycles. The van der Waals surface area contributed by atoms with Crippen LogP contribution in [0.25, 0.3) is 5.76 Å². The maximum Gasteiger partial charge on any atom is 0.295 e. The van der Waals surface area contributed by atoms with Gasteiger partial charge in [0.05, 0.1) is 16.5 Å². The Morgan fingerprint density at radius 3 is 2.22 bits per heavy atom. The van der Waals surface area contributed by atoms with Gasteiger partial charge in [-0.2, -0.15) is 0 Å². The Bertz CT molecular complexity index is 1050. The van der Waals surface area contributed by atoms with E-state index in [0.717, 1.165) is 25.2 Å². The van der Waals surface area contributed by atoms with Gasteiger partial charge in [0.2, 0.25) is 0 Å². The molecule has 1 aliphatic heterocycles. The number of carbonyl (C=O) groups is 2. The van der Waals surface area contributed by atoms with Crippen LogP contribution in [0.1, 0.15) is 31.0 Å². The molecular weight excluding hydrogens is 417 g/mol. The zero-order valence-electron chi connectivity index (χ0n) is 17.8. The van der Waals surface area contributed by atoms with E-state index in [2.05, 4.69) is 4.90 Å². The van der Waals surface area contributed by atoms with Gasteiger partial charge >= 0.3 is 0 Å². The fourth-order valence-corrected chi connectivity index (χ4v) is 3.79. The Hall–Kier alpha value is -3.59. The molecule has 2 aromatic rings. The normalized spacial score (nSPS) is 17.9. The van der Waals surface area contributed by atoms with Gasteiger partial charge in [0.25, 0.3) is 17.4 Å². The lowest BCUT2D eigenvalue weighted by molar-refractivity contribution is -0.384. The number of ketones is 1. The first-order valence-electron chi connectivity index (χ1n) is 10.3. The lowest BCUT2D eigenvalue weighted by Crippen LogP contribution is -2.38. The predicted octanol–water partition coefficient (Wildman–Crippen LogP) is 3.50. The highest BCUT2D eigenvalue weighted by atomic mass is 19.1. The van der Waals surface area contributed by atoms with E-state index in [-0.39, 0.29) is 23.4 Å². The molecule has 1 fully saturated rings. The van der Waals surface area contributed by atoms with Crippen LogP contribution < -0.4 is 0 Å². The second-order valence-corrected chi connectivity index (χ2v) is 7.37. The van der Waals surface area contributed by atoms with Crippen molar-refractivity contribution in [2.24, 2.45) is 0 Å². The SMILES string of the molecule is CCN(CC)CCN1C(=O)C(=O)C(=C(O)c2ccc(F)cc2)[C@H]1c1ccc([N+](=O)[O-])cc1. The van der Waals surface area contributed by atoms with Crippen LogP contribution >= 0.6 is 0 Å². The summed E-state index contributed by atoms with van der Waals surface area (Å²) in [4.78, 5) is 39.8. The highest BCUT2D eigenvalue weighted by Crippen LogP contribution is 2.39. The van der Waals surface area contributed by atoms with Gasteiger partial charge in [-0.25, -0.2) is 4.39 Å². The molecule has 0 spiro atoms. The molecule has 1 amide bonds. The molecule has 0 aliphatic carbocycles. The van der Waals surface area contributed by atoms with Crippen LogP contribution in [0.2, 0.25) is 0 Å². The number of carbonyl (C=O) groups excluding carboxylic acids is 2. The van der Waals surface area contributed by atoms with Gasteiger partial charge in [-0.1, -0.05) is 13.8 Å². The van der Waals surface area contributed by atoms with Gasteiger partial charge in [-0.05, 0) is 55.1 Å². The maximum atomic E-state index is 13.3. The third-order valence-corrected chi connectivity index (χ3v) is 5.63. The standard InChI is InChI=1S/C23H24FN3O5/c1-3-25(4-2)13-14-26-20(15-7-11-18(12-8-15)27(31)32)19(22(29)23(26)30)21(28)16-5-9-17(24)10-6-16/h5-12,20,28H,3-4,13-14H2,1-2H3/t20-/m1/s1. The van der Waals surface area contributed by atoms with E-state index < -0.39 is 34.2 Å². The molecule has 2 aromatic carbocycles. The monoisotopic (exact) mass is 441 g/mol. The lowest BCUT2D eigenvalue weighted by Gasteiger charge is -2.28. The van der Waals surface area contributed by atoms with E-state index in [1.54, 1.807) is 0 Å². The number of likely N-dealkylation sites (N-methyl/N-ethyl adjacent to an activating group) is 1. The number of non-ortho nitro benzene ring substituents is 1. The summed E-state index contributed by atoms with van der Waals surface area (Å²) < 4.78 is 13.3. The van der Waals surface area contributed by atoms with Crippen LogP contribution in [-0.4, -0.2) is 57.7 Å². The number of nitrogens with zero attached hydrogens (tertiary/aromatic N) is 3. The highest BCUT2D eigenvalue weighted by Gasteiger charge is 2.46. The number of nitro benzene ring substituents is 1. The highest BCUT2D eigenvalue weighted by molar-refractivity contribution is 6.46. The Morgan fingerprint density at radius 1 is 1.09 bits per heavy atom. The second kappa shape index (κ2) is 9.69. The summed E-state index contributed by atoms with van der Waals surface area (Å²) in [5.41, 5.74) is 0.389. The molecule has 1 aliphatic rings. The molecule has 0 unspecified atom stereocenters. The van der Waals surface area contributed by atoms with E-state index >= 15 is 0 Å². The van der Waals surface area contributed by atoms with Gasteiger partial charge in [-0.15, -0.1) is 0 Å². The Labute approximate surface area is 184 Å². The Balaban J connectivity index is 2.10. The molecule has 0 saturated carbocycles. The van der Waals surface area contributed by atoms with E-state index in [1.165, 1.54) is 41.3 Å². The summed E-state index contributed by atoms with van der Waals surface area (Å²) in [7, 11) is 0. The molecule has 1 N–H and O–H groups in total.